The van der Waals surface area contributed by atoms with Gasteiger partial charge in [0.15, 0.2) is 5.96 Å². The summed E-state index contributed by atoms with van der Waals surface area (Å²) < 4.78 is 6.83. The van der Waals surface area contributed by atoms with Gasteiger partial charge in [-0.2, -0.15) is 0 Å². The highest BCUT2D eigenvalue weighted by atomic mass is 127. The average molecular weight is 457 g/mol. The molecule has 1 N–H and O–H groups in total. The van der Waals surface area contributed by atoms with Crippen LogP contribution in [0.2, 0.25) is 0 Å². The molecule has 25 heavy (non-hydrogen) atoms. The van der Waals surface area contributed by atoms with Gasteiger partial charge in [0.2, 0.25) is 0 Å². The van der Waals surface area contributed by atoms with Gasteiger partial charge in [0, 0.05) is 32.5 Å². The third-order valence-corrected chi connectivity index (χ3v) is 4.38. The number of ether oxygens (including phenoxy) is 1. The van der Waals surface area contributed by atoms with E-state index in [4.69, 9.17) is 4.74 Å². The maximum absolute atomic E-state index is 11.6. The number of fused-ring (bicyclic) bond motifs is 1. The largest absolute Gasteiger partial charge is 0.469 e. The molecular formula is C17H24IN5O2. The van der Waals surface area contributed by atoms with E-state index >= 15 is 0 Å². The molecule has 0 amide bonds. The van der Waals surface area contributed by atoms with Crippen molar-refractivity contribution in [3.63, 3.8) is 0 Å². The van der Waals surface area contributed by atoms with Gasteiger partial charge in [-0.15, -0.1) is 24.0 Å². The number of likely N-dealkylation sites (tertiary alicyclic amines) is 1. The molecule has 8 heteroatoms. The number of halogens is 1. The molecule has 0 saturated carbocycles. The Morgan fingerprint density at radius 3 is 2.80 bits per heavy atom. The van der Waals surface area contributed by atoms with Crippen molar-refractivity contribution in [3.8, 4) is 0 Å². The molecule has 2 aromatic heterocycles. The fourth-order valence-electron chi connectivity index (χ4n) is 3.07. The van der Waals surface area contributed by atoms with E-state index in [-0.39, 0.29) is 35.9 Å². The summed E-state index contributed by atoms with van der Waals surface area (Å²) in [5.41, 5.74) is 1.90. The molecule has 1 fully saturated rings. The first-order valence-electron chi connectivity index (χ1n) is 8.17. The standard InChI is InChI=1S/C17H23N5O2.HI/c1-18-17(21-9-6-13(7-10-21)16(23)24-2)19-11-14-12-22-8-4-3-5-15(22)20-14;/h3-5,8,12-13H,6-7,9-11H2,1-2H3,(H,18,19);1H. The normalized spacial score (nSPS) is 15.8. The van der Waals surface area contributed by atoms with Crippen molar-refractivity contribution in [2.45, 2.75) is 19.4 Å². The Hall–Kier alpha value is -1.84. The molecule has 0 bridgehead atoms. The molecule has 7 nitrogen and oxygen atoms in total. The number of rotatable bonds is 3. The molecule has 0 spiro atoms. The zero-order valence-corrected chi connectivity index (χ0v) is 16.8. The van der Waals surface area contributed by atoms with E-state index in [9.17, 15) is 4.79 Å². The monoisotopic (exact) mass is 457 g/mol. The van der Waals surface area contributed by atoms with Crippen molar-refractivity contribution in [1.82, 2.24) is 19.6 Å². The molecule has 0 aromatic carbocycles. The Morgan fingerprint density at radius 1 is 1.40 bits per heavy atom. The highest BCUT2D eigenvalue weighted by Gasteiger charge is 2.26. The molecule has 0 atom stereocenters. The Labute approximate surface area is 164 Å². The van der Waals surface area contributed by atoms with Gasteiger partial charge in [-0.1, -0.05) is 6.07 Å². The van der Waals surface area contributed by atoms with Crippen LogP contribution in [0.25, 0.3) is 5.65 Å². The minimum absolute atomic E-state index is 0. The first-order chi connectivity index (χ1) is 11.7. The van der Waals surface area contributed by atoms with E-state index in [1.165, 1.54) is 7.11 Å². The minimum Gasteiger partial charge on any atom is -0.469 e. The predicted molar refractivity (Wildman–Crippen MR) is 107 cm³/mol. The molecule has 3 rings (SSSR count). The van der Waals surface area contributed by atoms with Gasteiger partial charge >= 0.3 is 5.97 Å². The van der Waals surface area contributed by atoms with Crippen LogP contribution in [0.15, 0.2) is 35.6 Å². The molecule has 1 aliphatic heterocycles. The van der Waals surface area contributed by atoms with Crippen molar-refractivity contribution in [3.05, 3.63) is 36.3 Å². The van der Waals surface area contributed by atoms with Crippen molar-refractivity contribution in [1.29, 1.82) is 0 Å². The van der Waals surface area contributed by atoms with Crippen molar-refractivity contribution < 1.29 is 9.53 Å². The Kier molecular flexibility index (Phi) is 7.03. The second-order valence-corrected chi connectivity index (χ2v) is 5.88. The lowest BCUT2D eigenvalue weighted by Crippen LogP contribution is -2.46. The number of hydrogen-bond donors (Lipinski definition) is 1. The van der Waals surface area contributed by atoms with Crippen molar-refractivity contribution in [2.24, 2.45) is 10.9 Å². The summed E-state index contributed by atoms with van der Waals surface area (Å²) in [5.74, 6) is 0.737. The highest BCUT2D eigenvalue weighted by molar-refractivity contribution is 14.0. The number of hydrogen-bond acceptors (Lipinski definition) is 4. The van der Waals surface area contributed by atoms with E-state index in [0.29, 0.717) is 6.54 Å². The maximum atomic E-state index is 11.6. The fraction of sp³-hybridized carbons (Fsp3) is 0.471. The van der Waals surface area contributed by atoms with Crippen molar-refractivity contribution >= 4 is 41.6 Å². The third kappa shape index (κ3) is 4.62. The van der Waals surface area contributed by atoms with E-state index in [2.05, 4.69) is 20.2 Å². The smallest absolute Gasteiger partial charge is 0.308 e. The molecule has 0 unspecified atom stereocenters. The van der Waals surface area contributed by atoms with Crippen LogP contribution < -0.4 is 5.32 Å². The average Bonchev–Trinajstić information content (AvgIpc) is 3.05. The number of aromatic nitrogens is 2. The van der Waals surface area contributed by atoms with E-state index in [1.54, 1.807) is 7.05 Å². The first kappa shape index (κ1) is 19.5. The fourth-order valence-corrected chi connectivity index (χ4v) is 3.07. The van der Waals surface area contributed by atoms with Crippen LogP contribution >= 0.6 is 24.0 Å². The predicted octanol–water partition coefficient (Wildman–Crippen LogP) is 1.91. The number of carbonyl (C=O) groups is 1. The number of carbonyl (C=O) groups excluding carboxylic acids is 1. The van der Waals surface area contributed by atoms with E-state index < -0.39 is 0 Å². The maximum Gasteiger partial charge on any atom is 0.308 e. The molecule has 3 heterocycles. The summed E-state index contributed by atoms with van der Waals surface area (Å²) in [6, 6.07) is 5.94. The van der Waals surface area contributed by atoms with Crippen LogP contribution in [0, 0.1) is 5.92 Å². The molecular weight excluding hydrogens is 433 g/mol. The van der Waals surface area contributed by atoms with Gasteiger partial charge in [-0.05, 0) is 25.0 Å². The number of guanidine groups is 1. The first-order valence-corrected chi connectivity index (χ1v) is 8.17. The summed E-state index contributed by atoms with van der Waals surface area (Å²) in [5, 5.41) is 3.36. The van der Waals surface area contributed by atoms with Crippen LogP contribution in [0.1, 0.15) is 18.5 Å². The number of nitrogens with zero attached hydrogens (tertiary/aromatic N) is 4. The minimum atomic E-state index is -0.109. The molecule has 136 valence electrons. The molecule has 0 radical (unpaired) electrons. The van der Waals surface area contributed by atoms with Gasteiger partial charge in [0.05, 0.1) is 25.3 Å². The van der Waals surface area contributed by atoms with Gasteiger partial charge < -0.3 is 19.4 Å². The Balaban J connectivity index is 0.00000225. The second kappa shape index (κ2) is 9.02. The van der Waals surface area contributed by atoms with Crippen LogP contribution in [0.4, 0.5) is 0 Å². The number of nitrogens with one attached hydrogen (secondary N) is 1. The van der Waals surface area contributed by atoms with Gasteiger partial charge in [-0.25, -0.2) is 4.98 Å². The number of pyridine rings is 1. The summed E-state index contributed by atoms with van der Waals surface area (Å²) in [4.78, 5) is 22.7. The zero-order chi connectivity index (χ0) is 16.9. The van der Waals surface area contributed by atoms with E-state index in [1.807, 2.05) is 35.0 Å². The summed E-state index contributed by atoms with van der Waals surface area (Å²) in [7, 11) is 3.22. The van der Waals surface area contributed by atoms with Crippen LogP contribution in [0.5, 0.6) is 0 Å². The van der Waals surface area contributed by atoms with E-state index in [0.717, 1.165) is 43.2 Å². The molecule has 0 aliphatic carbocycles. The number of methoxy groups -OCH3 is 1. The topological polar surface area (TPSA) is 71.2 Å². The summed E-state index contributed by atoms with van der Waals surface area (Å²) >= 11 is 0. The number of imidazole rings is 1. The number of aliphatic imine (C=N–C) groups is 1. The Bertz CT molecular complexity index is 704. The van der Waals surface area contributed by atoms with Crippen LogP contribution in [-0.4, -0.2) is 53.5 Å². The molecule has 2 aromatic rings. The van der Waals surface area contributed by atoms with Gasteiger partial charge in [0.25, 0.3) is 0 Å². The number of piperidine rings is 1. The summed E-state index contributed by atoms with van der Waals surface area (Å²) in [6.45, 7) is 2.21. The SMILES string of the molecule is CN=C(NCc1cn2ccccc2n1)N1CCC(C(=O)OC)CC1.I. The summed E-state index contributed by atoms with van der Waals surface area (Å²) in [6.07, 6.45) is 5.58. The number of esters is 1. The van der Waals surface area contributed by atoms with Crippen LogP contribution in [-0.2, 0) is 16.1 Å². The Morgan fingerprint density at radius 2 is 2.16 bits per heavy atom. The lowest BCUT2D eigenvalue weighted by molar-refractivity contribution is -0.146. The van der Waals surface area contributed by atoms with Crippen molar-refractivity contribution in [2.75, 3.05) is 27.2 Å². The quantitative estimate of drug-likeness (QED) is 0.330. The van der Waals surface area contributed by atoms with Gasteiger partial charge in [-0.3, -0.25) is 9.79 Å². The highest BCUT2D eigenvalue weighted by Crippen LogP contribution is 2.18. The van der Waals surface area contributed by atoms with Crippen LogP contribution in [0.3, 0.4) is 0 Å². The molecule has 1 aliphatic rings. The lowest BCUT2D eigenvalue weighted by atomic mass is 9.97. The molecule has 1 saturated heterocycles. The third-order valence-electron chi connectivity index (χ3n) is 4.38. The second-order valence-electron chi connectivity index (χ2n) is 5.88. The zero-order valence-electron chi connectivity index (χ0n) is 14.5. The lowest BCUT2D eigenvalue weighted by Gasteiger charge is -2.33. The van der Waals surface area contributed by atoms with Gasteiger partial charge in [0.1, 0.15) is 5.65 Å².